The van der Waals surface area contributed by atoms with Crippen LogP contribution in [0.5, 0.6) is 11.5 Å². The van der Waals surface area contributed by atoms with Crippen LogP contribution in [-0.4, -0.2) is 19.1 Å². The molecule has 0 aliphatic carbocycles. The van der Waals surface area contributed by atoms with E-state index < -0.39 is 6.04 Å². The zero-order valence-corrected chi connectivity index (χ0v) is 16.5. The molecule has 0 bridgehead atoms. The van der Waals surface area contributed by atoms with Crippen molar-refractivity contribution in [1.29, 1.82) is 0 Å². The Kier molecular flexibility index (Phi) is 7.25. The second-order valence-electron chi connectivity index (χ2n) is 6.79. The lowest BCUT2D eigenvalue weighted by molar-refractivity contribution is -0.120. The third-order valence-corrected chi connectivity index (χ3v) is 4.64. The van der Waals surface area contributed by atoms with Gasteiger partial charge in [0.25, 0.3) is 0 Å². The normalized spacial score (nSPS) is 11.6. The molecule has 3 aromatic carbocycles. The Morgan fingerprint density at radius 1 is 0.897 bits per heavy atom. The van der Waals surface area contributed by atoms with Crippen molar-refractivity contribution in [1.82, 2.24) is 5.32 Å². The van der Waals surface area contributed by atoms with Gasteiger partial charge in [0.2, 0.25) is 5.91 Å². The van der Waals surface area contributed by atoms with Crippen LogP contribution in [0.3, 0.4) is 0 Å². The van der Waals surface area contributed by atoms with Gasteiger partial charge in [-0.3, -0.25) is 4.79 Å². The van der Waals surface area contributed by atoms with Crippen LogP contribution < -0.4 is 20.5 Å². The third kappa shape index (κ3) is 6.09. The van der Waals surface area contributed by atoms with Crippen LogP contribution in [0.1, 0.15) is 16.7 Å². The highest BCUT2D eigenvalue weighted by molar-refractivity contribution is 5.80. The minimum atomic E-state index is -0.447. The zero-order chi connectivity index (χ0) is 20.5. The average molecular weight is 390 g/mol. The van der Waals surface area contributed by atoms with Crippen LogP contribution in [0.15, 0.2) is 78.9 Å². The Labute approximate surface area is 171 Å². The molecule has 5 heteroatoms. The fourth-order valence-electron chi connectivity index (χ4n) is 3.04. The molecule has 1 amide bonds. The first-order valence-electron chi connectivity index (χ1n) is 9.56. The highest BCUT2D eigenvalue weighted by atomic mass is 16.5. The van der Waals surface area contributed by atoms with E-state index in [4.69, 9.17) is 15.2 Å². The summed E-state index contributed by atoms with van der Waals surface area (Å²) in [5.74, 6) is 0.957. The lowest BCUT2D eigenvalue weighted by atomic mass is 10.1. The van der Waals surface area contributed by atoms with Gasteiger partial charge in [-0.2, -0.15) is 0 Å². The molecular weight excluding hydrogens is 364 g/mol. The summed E-state index contributed by atoms with van der Waals surface area (Å²) >= 11 is 0. The van der Waals surface area contributed by atoms with E-state index in [9.17, 15) is 4.79 Å². The molecule has 0 spiro atoms. The molecule has 0 radical (unpaired) electrons. The van der Waals surface area contributed by atoms with E-state index in [1.807, 2.05) is 78.9 Å². The minimum Gasteiger partial charge on any atom is -0.493 e. The van der Waals surface area contributed by atoms with E-state index in [0.717, 1.165) is 16.7 Å². The molecule has 3 rings (SSSR count). The van der Waals surface area contributed by atoms with Crippen molar-refractivity contribution in [3.05, 3.63) is 95.6 Å². The fourth-order valence-corrected chi connectivity index (χ4v) is 3.04. The predicted molar refractivity (Wildman–Crippen MR) is 114 cm³/mol. The number of carbonyl (C=O) groups excluding carboxylic acids is 1. The third-order valence-electron chi connectivity index (χ3n) is 4.64. The molecule has 0 saturated heterocycles. The number of hydrogen-bond donors (Lipinski definition) is 2. The SMILES string of the molecule is COc1cc(CNC(Cc2ccccc2)C(N)=O)ccc1OCc1ccccc1. The number of nitrogens with two attached hydrogens (primary N) is 1. The van der Waals surface area contributed by atoms with Crippen molar-refractivity contribution in [2.45, 2.75) is 25.6 Å². The van der Waals surface area contributed by atoms with Gasteiger partial charge < -0.3 is 20.5 Å². The lowest BCUT2D eigenvalue weighted by Crippen LogP contribution is -2.42. The van der Waals surface area contributed by atoms with E-state index in [1.165, 1.54) is 0 Å². The van der Waals surface area contributed by atoms with Crippen molar-refractivity contribution < 1.29 is 14.3 Å². The summed E-state index contributed by atoms with van der Waals surface area (Å²) in [4.78, 5) is 11.8. The Hall–Kier alpha value is -3.31. The molecule has 1 unspecified atom stereocenters. The molecule has 0 fully saturated rings. The average Bonchev–Trinajstić information content (AvgIpc) is 2.76. The number of rotatable bonds is 10. The van der Waals surface area contributed by atoms with Gasteiger partial charge in [0.15, 0.2) is 11.5 Å². The molecule has 5 nitrogen and oxygen atoms in total. The summed E-state index contributed by atoms with van der Waals surface area (Å²) in [6.45, 7) is 0.964. The summed E-state index contributed by atoms with van der Waals surface area (Å²) in [5, 5.41) is 3.24. The van der Waals surface area contributed by atoms with Crippen molar-refractivity contribution in [2.24, 2.45) is 5.73 Å². The van der Waals surface area contributed by atoms with Gasteiger partial charge in [0, 0.05) is 6.54 Å². The van der Waals surface area contributed by atoms with Gasteiger partial charge in [-0.25, -0.2) is 0 Å². The largest absolute Gasteiger partial charge is 0.493 e. The number of amides is 1. The lowest BCUT2D eigenvalue weighted by Gasteiger charge is -2.17. The predicted octanol–water partition coefficient (Wildman–Crippen LogP) is 3.46. The molecule has 3 N–H and O–H groups in total. The zero-order valence-electron chi connectivity index (χ0n) is 16.5. The van der Waals surface area contributed by atoms with E-state index in [2.05, 4.69) is 5.32 Å². The summed E-state index contributed by atoms with van der Waals surface area (Å²) in [5.41, 5.74) is 8.71. The molecule has 0 aliphatic rings. The number of ether oxygens (including phenoxy) is 2. The number of hydrogen-bond acceptors (Lipinski definition) is 4. The summed E-state index contributed by atoms with van der Waals surface area (Å²) in [6.07, 6.45) is 0.547. The molecule has 0 saturated carbocycles. The molecule has 3 aromatic rings. The number of methoxy groups -OCH3 is 1. The van der Waals surface area contributed by atoms with Crippen LogP contribution in [-0.2, 0) is 24.4 Å². The topological polar surface area (TPSA) is 73.6 Å². The molecule has 1 atom stereocenters. The smallest absolute Gasteiger partial charge is 0.234 e. The highest BCUT2D eigenvalue weighted by Gasteiger charge is 2.16. The van der Waals surface area contributed by atoms with Crippen molar-refractivity contribution in [2.75, 3.05) is 7.11 Å². The van der Waals surface area contributed by atoms with E-state index >= 15 is 0 Å². The van der Waals surface area contributed by atoms with Crippen molar-refractivity contribution in [3.8, 4) is 11.5 Å². The van der Waals surface area contributed by atoms with Gasteiger partial charge >= 0.3 is 0 Å². The second kappa shape index (κ2) is 10.3. The molecule has 150 valence electrons. The number of benzene rings is 3. The molecular formula is C24H26N2O3. The van der Waals surface area contributed by atoms with Gasteiger partial charge in [0.1, 0.15) is 6.61 Å². The molecule has 29 heavy (non-hydrogen) atoms. The van der Waals surface area contributed by atoms with Crippen LogP contribution in [0.4, 0.5) is 0 Å². The van der Waals surface area contributed by atoms with E-state index in [0.29, 0.717) is 31.1 Å². The molecule has 0 aliphatic heterocycles. The van der Waals surface area contributed by atoms with Crippen LogP contribution in [0.25, 0.3) is 0 Å². The summed E-state index contributed by atoms with van der Waals surface area (Å²) in [7, 11) is 1.61. The van der Waals surface area contributed by atoms with E-state index in [-0.39, 0.29) is 5.91 Å². The Morgan fingerprint density at radius 2 is 1.55 bits per heavy atom. The number of nitrogens with one attached hydrogen (secondary N) is 1. The van der Waals surface area contributed by atoms with Crippen LogP contribution in [0, 0.1) is 0 Å². The van der Waals surface area contributed by atoms with Crippen molar-refractivity contribution >= 4 is 5.91 Å². The second-order valence-corrected chi connectivity index (χ2v) is 6.79. The maximum Gasteiger partial charge on any atom is 0.234 e. The number of carbonyl (C=O) groups is 1. The summed E-state index contributed by atoms with van der Waals surface area (Å²) < 4.78 is 11.4. The maximum atomic E-state index is 11.8. The monoisotopic (exact) mass is 390 g/mol. The van der Waals surface area contributed by atoms with Crippen LogP contribution >= 0.6 is 0 Å². The van der Waals surface area contributed by atoms with Gasteiger partial charge in [-0.15, -0.1) is 0 Å². The Morgan fingerprint density at radius 3 is 2.17 bits per heavy atom. The molecule has 0 heterocycles. The standard InChI is InChI=1S/C24H26N2O3/c1-28-23-15-20(12-13-22(23)29-17-19-10-6-3-7-11-19)16-26-21(24(25)27)14-18-8-4-2-5-9-18/h2-13,15,21,26H,14,16-17H2,1H3,(H2,25,27). The van der Waals surface area contributed by atoms with Gasteiger partial charge in [-0.1, -0.05) is 66.7 Å². The molecule has 0 aromatic heterocycles. The van der Waals surface area contributed by atoms with Crippen LogP contribution in [0.2, 0.25) is 0 Å². The van der Waals surface area contributed by atoms with Crippen molar-refractivity contribution in [3.63, 3.8) is 0 Å². The maximum absolute atomic E-state index is 11.8. The first-order valence-corrected chi connectivity index (χ1v) is 9.56. The van der Waals surface area contributed by atoms with E-state index in [1.54, 1.807) is 7.11 Å². The first kappa shape index (κ1) is 20.4. The fraction of sp³-hybridized carbons (Fsp3) is 0.208. The Balaban J connectivity index is 1.62. The quantitative estimate of drug-likeness (QED) is 0.556. The first-order chi connectivity index (χ1) is 14.2. The minimum absolute atomic E-state index is 0.372. The van der Waals surface area contributed by atoms with Gasteiger partial charge in [-0.05, 0) is 35.2 Å². The summed E-state index contributed by atoms with van der Waals surface area (Å²) in [6, 6.07) is 25.1. The van der Waals surface area contributed by atoms with Gasteiger partial charge in [0.05, 0.1) is 13.2 Å². The highest BCUT2D eigenvalue weighted by Crippen LogP contribution is 2.29. The number of primary amides is 1. The Bertz CT molecular complexity index is 914.